The van der Waals surface area contributed by atoms with Gasteiger partial charge in [-0.2, -0.15) is 0 Å². The maximum atomic E-state index is 12.4. The zero-order valence-corrected chi connectivity index (χ0v) is 13.2. The van der Waals surface area contributed by atoms with Gasteiger partial charge in [-0.05, 0) is 49.6 Å². The van der Waals surface area contributed by atoms with Gasteiger partial charge in [0.15, 0.2) is 0 Å². The first-order chi connectivity index (χ1) is 9.95. The van der Waals surface area contributed by atoms with Crippen LogP contribution in [0.5, 0.6) is 0 Å². The van der Waals surface area contributed by atoms with Crippen LogP contribution >= 0.6 is 11.6 Å². The minimum absolute atomic E-state index is 0.0265. The molecule has 0 saturated heterocycles. The topological polar surface area (TPSA) is 39.1 Å². The van der Waals surface area contributed by atoms with Crippen molar-refractivity contribution in [2.24, 2.45) is 0 Å². The van der Waals surface area contributed by atoms with E-state index >= 15 is 0 Å². The van der Waals surface area contributed by atoms with E-state index in [1.54, 1.807) is 10.6 Å². The van der Waals surface area contributed by atoms with Crippen molar-refractivity contribution in [2.45, 2.75) is 33.7 Å². The van der Waals surface area contributed by atoms with Gasteiger partial charge >= 0.3 is 0 Å². The summed E-state index contributed by atoms with van der Waals surface area (Å²) in [7, 11) is 0. The first-order valence-electron chi connectivity index (χ1n) is 6.97. The molecule has 1 aromatic carbocycles. The lowest BCUT2D eigenvalue weighted by Crippen LogP contribution is -2.26. The zero-order valence-electron chi connectivity index (χ0n) is 12.4. The Labute approximate surface area is 129 Å². The largest absolute Gasteiger partial charge is 0.308 e. The van der Waals surface area contributed by atoms with Crippen molar-refractivity contribution in [2.75, 3.05) is 0 Å². The molecule has 0 radical (unpaired) electrons. The Bertz CT molecular complexity index is 747. The van der Waals surface area contributed by atoms with E-state index in [1.807, 2.05) is 32.9 Å². The van der Waals surface area contributed by atoms with Crippen LogP contribution in [0.25, 0.3) is 11.3 Å². The van der Waals surface area contributed by atoms with Gasteiger partial charge in [0.1, 0.15) is 0 Å². The van der Waals surface area contributed by atoms with Gasteiger partial charge < -0.3 is 4.57 Å². The Kier molecular flexibility index (Phi) is 4.63. The molecule has 0 aliphatic carbocycles. The van der Waals surface area contributed by atoms with Gasteiger partial charge in [0.05, 0.1) is 11.3 Å². The summed E-state index contributed by atoms with van der Waals surface area (Å²) in [6.45, 7) is 6.60. The van der Waals surface area contributed by atoms with Crippen LogP contribution in [0.2, 0.25) is 0 Å². The zero-order chi connectivity index (χ0) is 15.6. The first kappa shape index (κ1) is 15.5. The second-order valence-electron chi connectivity index (χ2n) is 5.18. The number of carbonyl (C=O) groups is 1. The third kappa shape index (κ3) is 3.08. The number of hydrogen-bond donors (Lipinski definition) is 0. The summed E-state index contributed by atoms with van der Waals surface area (Å²) in [5.41, 5.74) is 3.80. The van der Waals surface area contributed by atoms with Crippen LogP contribution in [0.1, 0.15) is 34.8 Å². The summed E-state index contributed by atoms with van der Waals surface area (Å²) in [6, 6.07) is 9.41. The van der Waals surface area contributed by atoms with Crippen molar-refractivity contribution in [3.05, 3.63) is 57.4 Å². The van der Waals surface area contributed by atoms with Crippen molar-refractivity contribution < 1.29 is 4.79 Å². The molecule has 21 heavy (non-hydrogen) atoms. The number of pyridine rings is 1. The predicted octanol–water partition coefficient (Wildman–Crippen LogP) is 3.92. The molecule has 110 valence electrons. The maximum Gasteiger partial charge on any atom is 0.263 e. The molecule has 0 bridgehead atoms. The Morgan fingerprint density at radius 3 is 2.48 bits per heavy atom. The fourth-order valence-electron chi connectivity index (χ4n) is 2.51. The van der Waals surface area contributed by atoms with Gasteiger partial charge in [-0.1, -0.05) is 30.7 Å². The van der Waals surface area contributed by atoms with Crippen LogP contribution in [0, 0.1) is 13.8 Å². The predicted molar refractivity (Wildman–Crippen MR) is 86.1 cm³/mol. The quantitative estimate of drug-likeness (QED) is 0.803. The Morgan fingerprint density at radius 2 is 1.90 bits per heavy atom. The Balaban J connectivity index is 2.71. The SMILES string of the molecule is CCCn1c(-c2ccc(C)cc2C)ccc(C(=O)Cl)c1=O. The van der Waals surface area contributed by atoms with E-state index in [2.05, 4.69) is 6.07 Å². The third-order valence-corrected chi connectivity index (χ3v) is 3.69. The molecular formula is C17H18ClNO2. The van der Waals surface area contributed by atoms with E-state index in [4.69, 9.17) is 11.6 Å². The van der Waals surface area contributed by atoms with Crippen LogP contribution in [0.4, 0.5) is 0 Å². The van der Waals surface area contributed by atoms with Crippen molar-refractivity contribution in [3.8, 4) is 11.3 Å². The molecule has 2 rings (SSSR count). The summed E-state index contributed by atoms with van der Waals surface area (Å²) in [6.07, 6.45) is 0.803. The van der Waals surface area contributed by atoms with E-state index in [1.165, 1.54) is 11.6 Å². The van der Waals surface area contributed by atoms with Crippen molar-refractivity contribution in [3.63, 3.8) is 0 Å². The minimum atomic E-state index is -0.711. The lowest BCUT2D eigenvalue weighted by atomic mass is 10.0. The van der Waals surface area contributed by atoms with E-state index in [9.17, 15) is 9.59 Å². The van der Waals surface area contributed by atoms with Crippen LogP contribution in [-0.2, 0) is 6.54 Å². The second-order valence-corrected chi connectivity index (χ2v) is 5.52. The number of hydrogen-bond acceptors (Lipinski definition) is 2. The number of carbonyl (C=O) groups excluding carboxylic acids is 1. The van der Waals surface area contributed by atoms with E-state index in [0.717, 1.165) is 23.2 Å². The fraction of sp³-hybridized carbons (Fsp3) is 0.294. The molecule has 4 heteroatoms. The molecule has 2 aromatic rings. The van der Waals surface area contributed by atoms with E-state index in [-0.39, 0.29) is 11.1 Å². The smallest absolute Gasteiger partial charge is 0.263 e. The normalized spacial score (nSPS) is 10.7. The van der Waals surface area contributed by atoms with Crippen molar-refractivity contribution in [1.82, 2.24) is 4.57 Å². The van der Waals surface area contributed by atoms with Crippen LogP contribution in [0.3, 0.4) is 0 Å². The Hall–Kier alpha value is -1.87. The highest BCUT2D eigenvalue weighted by atomic mass is 35.5. The van der Waals surface area contributed by atoms with Crippen LogP contribution in [0.15, 0.2) is 35.1 Å². The number of rotatable bonds is 4. The molecule has 0 atom stereocenters. The fourth-order valence-corrected chi connectivity index (χ4v) is 2.65. The average molecular weight is 304 g/mol. The van der Waals surface area contributed by atoms with Crippen LogP contribution in [-0.4, -0.2) is 9.81 Å². The average Bonchev–Trinajstić information content (AvgIpc) is 2.41. The van der Waals surface area contributed by atoms with Gasteiger partial charge in [-0.15, -0.1) is 0 Å². The molecule has 3 nitrogen and oxygen atoms in total. The Morgan fingerprint density at radius 1 is 1.19 bits per heavy atom. The number of benzene rings is 1. The van der Waals surface area contributed by atoms with Crippen molar-refractivity contribution >= 4 is 16.8 Å². The summed E-state index contributed by atoms with van der Waals surface area (Å²) in [5.74, 6) is 0. The van der Waals surface area contributed by atoms with E-state index in [0.29, 0.717) is 6.54 Å². The minimum Gasteiger partial charge on any atom is -0.308 e. The molecule has 0 amide bonds. The summed E-state index contributed by atoms with van der Waals surface area (Å²) >= 11 is 5.48. The lowest BCUT2D eigenvalue weighted by molar-refractivity contribution is 0.107. The molecule has 1 aromatic heterocycles. The summed E-state index contributed by atoms with van der Waals surface area (Å²) < 4.78 is 1.63. The molecule has 0 aliphatic rings. The molecule has 0 saturated carbocycles. The lowest BCUT2D eigenvalue weighted by Gasteiger charge is -2.15. The standard InChI is InChI=1S/C17H18ClNO2/c1-4-9-19-15(8-7-14(16(18)20)17(19)21)13-6-5-11(2)10-12(13)3/h5-8,10H,4,9H2,1-3H3. The van der Waals surface area contributed by atoms with E-state index < -0.39 is 5.24 Å². The van der Waals surface area contributed by atoms with Gasteiger partial charge in [0.25, 0.3) is 10.8 Å². The van der Waals surface area contributed by atoms with Gasteiger partial charge in [0.2, 0.25) is 0 Å². The summed E-state index contributed by atoms with van der Waals surface area (Å²) in [5, 5.41) is -0.711. The molecule has 1 heterocycles. The summed E-state index contributed by atoms with van der Waals surface area (Å²) in [4.78, 5) is 23.8. The highest BCUT2D eigenvalue weighted by Crippen LogP contribution is 2.24. The number of nitrogens with zero attached hydrogens (tertiary/aromatic N) is 1. The number of aryl methyl sites for hydroxylation is 2. The van der Waals surface area contributed by atoms with Crippen molar-refractivity contribution in [1.29, 1.82) is 0 Å². The number of halogens is 1. The highest BCUT2D eigenvalue weighted by molar-refractivity contribution is 6.67. The van der Waals surface area contributed by atoms with Gasteiger partial charge in [0, 0.05) is 12.1 Å². The molecule has 0 N–H and O–H groups in total. The second kappa shape index (κ2) is 6.27. The number of aromatic nitrogens is 1. The molecule has 0 fully saturated rings. The molecule has 0 unspecified atom stereocenters. The first-order valence-corrected chi connectivity index (χ1v) is 7.34. The molecule has 0 aliphatic heterocycles. The highest BCUT2D eigenvalue weighted by Gasteiger charge is 2.15. The maximum absolute atomic E-state index is 12.4. The molecular weight excluding hydrogens is 286 g/mol. The van der Waals surface area contributed by atoms with Crippen LogP contribution < -0.4 is 5.56 Å². The monoisotopic (exact) mass is 303 g/mol. The van der Waals surface area contributed by atoms with Gasteiger partial charge in [-0.3, -0.25) is 9.59 Å². The third-order valence-electron chi connectivity index (χ3n) is 3.49. The van der Waals surface area contributed by atoms with Gasteiger partial charge in [-0.25, -0.2) is 0 Å². The molecule has 0 spiro atoms.